The maximum Gasteiger partial charge on any atom is 0.0299 e. The Labute approximate surface area is 86.2 Å². The Morgan fingerprint density at radius 2 is 2.00 bits per heavy atom. The molecule has 0 spiro atoms. The van der Waals surface area contributed by atoms with Crippen molar-refractivity contribution in [3.63, 3.8) is 0 Å². The van der Waals surface area contributed by atoms with Gasteiger partial charge in [0.05, 0.1) is 0 Å². The monoisotopic (exact) mass is 206 g/mol. The van der Waals surface area contributed by atoms with Gasteiger partial charge in [-0.05, 0) is 47.5 Å². The Morgan fingerprint density at radius 1 is 1.08 bits per heavy atom. The zero-order valence-electron chi connectivity index (χ0n) is 7.36. The van der Waals surface area contributed by atoms with E-state index in [0.717, 1.165) is 0 Å². The Morgan fingerprint density at radius 3 is 2.62 bits per heavy atom. The standard InChI is InChI=1S/C11H10S2/c1-9-6-8-13-11(9)5-4-10-3-2-7-12-10/h2-8H,1H3/b5-4+. The molecule has 0 nitrogen and oxygen atoms in total. The number of thiophene rings is 2. The van der Waals surface area contributed by atoms with Crippen LogP contribution < -0.4 is 0 Å². The van der Waals surface area contributed by atoms with E-state index in [1.165, 1.54) is 15.3 Å². The lowest BCUT2D eigenvalue weighted by molar-refractivity contribution is 1.54. The van der Waals surface area contributed by atoms with Gasteiger partial charge >= 0.3 is 0 Å². The van der Waals surface area contributed by atoms with Crippen LogP contribution >= 0.6 is 22.7 Å². The van der Waals surface area contributed by atoms with Crippen molar-refractivity contribution in [2.24, 2.45) is 0 Å². The van der Waals surface area contributed by atoms with Crippen LogP contribution in [0.2, 0.25) is 0 Å². The Hall–Kier alpha value is -0.860. The molecular weight excluding hydrogens is 196 g/mol. The van der Waals surface area contributed by atoms with Gasteiger partial charge in [0.25, 0.3) is 0 Å². The van der Waals surface area contributed by atoms with Crippen LogP contribution in [0.5, 0.6) is 0 Å². The first-order valence-electron chi connectivity index (χ1n) is 4.12. The molecule has 0 aromatic carbocycles. The van der Waals surface area contributed by atoms with Gasteiger partial charge in [0.2, 0.25) is 0 Å². The van der Waals surface area contributed by atoms with E-state index < -0.39 is 0 Å². The Bertz CT molecular complexity index is 393. The van der Waals surface area contributed by atoms with Gasteiger partial charge in [-0.1, -0.05) is 6.07 Å². The van der Waals surface area contributed by atoms with Gasteiger partial charge in [-0.25, -0.2) is 0 Å². The first-order chi connectivity index (χ1) is 6.36. The topological polar surface area (TPSA) is 0 Å². The van der Waals surface area contributed by atoms with E-state index in [1.54, 1.807) is 22.7 Å². The number of aryl methyl sites for hydroxylation is 1. The summed E-state index contributed by atoms with van der Waals surface area (Å²) in [4.78, 5) is 2.67. The third kappa shape index (κ3) is 2.08. The summed E-state index contributed by atoms with van der Waals surface area (Å²) in [6, 6.07) is 6.36. The zero-order chi connectivity index (χ0) is 9.10. The van der Waals surface area contributed by atoms with Crippen LogP contribution in [0.1, 0.15) is 15.3 Å². The second kappa shape index (κ2) is 3.90. The highest BCUT2D eigenvalue weighted by Crippen LogP contribution is 2.19. The number of rotatable bonds is 2. The third-order valence-corrected chi connectivity index (χ3v) is 3.67. The van der Waals surface area contributed by atoms with E-state index >= 15 is 0 Å². The summed E-state index contributed by atoms with van der Waals surface area (Å²) >= 11 is 3.56. The van der Waals surface area contributed by atoms with Gasteiger partial charge in [-0.3, -0.25) is 0 Å². The SMILES string of the molecule is Cc1ccsc1/C=C/c1cccs1. The molecule has 0 radical (unpaired) electrons. The van der Waals surface area contributed by atoms with E-state index in [-0.39, 0.29) is 0 Å². The summed E-state index contributed by atoms with van der Waals surface area (Å²) in [5.41, 5.74) is 1.36. The third-order valence-electron chi connectivity index (χ3n) is 1.84. The van der Waals surface area contributed by atoms with Crippen molar-refractivity contribution >= 4 is 34.8 Å². The molecule has 0 fully saturated rings. The molecule has 66 valence electrons. The van der Waals surface area contributed by atoms with Gasteiger partial charge < -0.3 is 0 Å². The molecule has 0 saturated heterocycles. The maximum absolute atomic E-state index is 2.19. The van der Waals surface area contributed by atoms with Crippen molar-refractivity contribution in [3.8, 4) is 0 Å². The average molecular weight is 206 g/mol. The largest absolute Gasteiger partial charge is 0.144 e. The molecule has 2 heteroatoms. The van der Waals surface area contributed by atoms with Crippen molar-refractivity contribution < 1.29 is 0 Å². The van der Waals surface area contributed by atoms with Crippen molar-refractivity contribution in [2.45, 2.75) is 6.92 Å². The summed E-state index contributed by atoms with van der Waals surface area (Å²) in [6.45, 7) is 2.14. The molecule has 2 aromatic heterocycles. The first-order valence-corrected chi connectivity index (χ1v) is 5.88. The second-order valence-corrected chi connectivity index (χ2v) is 4.74. The first kappa shape index (κ1) is 8.73. The number of hydrogen-bond donors (Lipinski definition) is 0. The van der Waals surface area contributed by atoms with Crippen LogP contribution in [0.3, 0.4) is 0 Å². The van der Waals surface area contributed by atoms with Crippen LogP contribution in [-0.2, 0) is 0 Å². The highest BCUT2D eigenvalue weighted by atomic mass is 32.1. The van der Waals surface area contributed by atoms with Gasteiger partial charge in [-0.2, -0.15) is 0 Å². The minimum absolute atomic E-state index is 1.31. The van der Waals surface area contributed by atoms with E-state index in [1.807, 2.05) is 0 Å². The lowest BCUT2D eigenvalue weighted by atomic mass is 10.2. The van der Waals surface area contributed by atoms with Gasteiger partial charge in [-0.15, -0.1) is 22.7 Å². The summed E-state index contributed by atoms with van der Waals surface area (Å²) in [6.07, 6.45) is 4.36. The lowest BCUT2D eigenvalue weighted by Gasteiger charge is -1.87. The Kier molecular flexibility index (Phi) is 2.62. The van der Waals surface area contributed by atoms with E-state index in [0.29, 0.717) is 0 Å². The van der Waals surface area contributed by atoms with E-state index in [9.17, 15) is 0 Å². The molecule has 13 heavy (non-hydrogen) atoms. The molecule has 2 heterocycles. The highest BCUT2D eigenvalue weighted by molar-refractivity contribution is 7.11. The van der Waals surface area contributed by atoms with Crippen LogP contribution in [0.4, 0.5) is 0 Å². The molecule has 2 aromatic rings. The predicted molar refractivity (Wildman–Crippen MR) is 62.3 cm³/mol. The smallest absolute Gasteiger partial charge is 0.0299 e. The van der Waals surface area contributed by atoms with Crippen LogP contribution in [0.15, 0.2) is 29.0 Å². The molecule has 0 atom stereocenters. The molecule has 0 bridgehead atoms. The molecule has 0 unspecified atom stereocenters. The van der Waals surface area contributed by atoms with Crippen molar-refractivity contribution in [1.82, 2.24) is 0 Å². The zero-order valence-corrected chi connectivity index (χ0v) is 8.99. The average Bonchev–Trinajstić information content (AvgIpc) is 2.72. The molecule has 0 N–H and O–H groups in total. The minimum Gasteiger partial charge on any atom is -0.144 e. The molecule has 0 aliphatic rings. The lowest BCUT2D eigenvalue weighted by Crippen LogP contribution is -1.66. The summed E-state index contributed by atoms with van der Waals surface area (Å²) < 4.78 is 0. The highest BCUT2D eigenvalue weighted by Gasteiger charge is 1.93. The maximum atomic E-state index is 2.19. The summed E-state index contributed by atoms with van der Waals surface area (Å²) in [5.74, 6) is 0. The number of hydrogen-bond acceptors (Lipinski definition) is 2. The van der Waals surface area contributed by atoms with Gasteiger partial charge in [0.1, 0.15) is 0 Å². The molecule has 0 aliphatic heterocycles. The summed E-state index contributed by atoms with van der Waals surface area (Å²) in [7, 11) is 0. The second-order valence-electron chi connectivity index (χ2n) is 2.82. The van der Waals surface area contributed by atoms with Crippen molar-refractivity contribution in [1.29, 1.82) is 0 Å². The Balaban J connectivity index is 2.19. The summed E-state index contributed by atoms with van der Waals surface area (Å²) in [5, 5.41) is 4.23. The fourth-order valence-corrected chi connectivity index (χ4v) is 2.54. The molecule has 2 rings (SSSR count). The van der Waals surface area contributed by atoms with Gasteiger partial charge in [0, 0.05) is 9.75 Å². The molecular formula is C11H10S2. The molecule has 0 amide bonds. The van der Waals surface area contributed by atoms with Crippen molar-refractivity contribution in [3.05, 3.63) is 44.3 Å². The normalized spacial score (nSPS) is 11.2. The van der Waals surface area contributed by atoms with Crippen LogP contribution in [-0.4, -0.2) is 0 Å². The van der Waals surface area contributed by atoms with E-state index in [4.69, 9.17) is 0 Å². The van der Waals surface area contributed by atoms with E-state index in [2.05, 4.69) is 48.0 Å². The minimum atomic E-state index is 1.31. The molecule has 0 aliphatic carbocycles. The quantitative estimate of drug-likeness (QED) is 0.687. The van der Waals surface area contributed by atoms with Crippen LogP contribution in [0, 0.1) is 6.92 Å². The molecule has 0 saturated carbocycles. The fraction of sp³-hybridized carbons (Fsp3) is 0.0909. The predicted octanol–water partition coefficient (Wildman–Crippen LogP) is 4.29. The van der Waals surface area contributed by atoms with Gasteiger partial charge in [0.15, 0.2) is 0 Å². The van der Waals surface area contributed by atoms with Crippen LogP contribution in [0.25, 0.3) is 12.2 Å². The van der Waals surface area contributed by atoms with Crippen molar-refractivity contribution in [2.75, 3.05) is 0 Å². The fourth-order valence-electron chi connectivity index (χ4n) is 1.10.